The number of aromatic nitrogens is 1. The first kappa shape index (κ1) is 31.5. The number of hydrogen-bond donors (Lipinski definition) is 1. The van der Waals surface area contributed by atoms with Crippen molar-refractivity contribution in [3.63, 3.8) is 0 Å². The van der Waals surface area contributed by atoms with E-state index in [4.69, 9.17) is 14.5 Å². The van der Waals surface area contributed by atoms with E-state index in [1.54, 1.807) is 0 Å². The van der Waals surface area contributed by atoms with Gasteiger partial charge >= 0.3 is 11.9 Å². The van der Waals surface area contributed by atoms with Crippen LogP contribution in [-0.2, 0) is 24.5 Å². The van der Waals surface area contributed by atoms with Crippen molar-refractivity contribution in [3.05, 3.63) is 69.9 Å². The third-order valence-electron chi connectivity index (χ3n) is 13.8. The molecule has 4 fully saturated rings. The molecule has 0 aromatic carbocycles. The average Bonchev–Trinajstić information content (AvgIpc) is 3.90. The van der Waals surface area contributed by atoms with Crippen LogP contribution >= 0.6 is 21.6 Å². The fraction of sp³-hybridized carbons (Fsp3) is 0.625. The van der Waals surface area contributed by atoms with Crippen LogP contribution in [0.5, 0.6) is 0 Å². The second-order valence-electron chi connectivity index (χ2n) is 16.0. The predicted molar refractivity (Wildman–Crippen MR) is 192 cm³/mol. The Morgan fingerprint density at radius 3 is 2.65 bits per heavy atom. The monoisotopic (exact) mass is 684 g/mol. The number of fused-ring (bicyclic) bond motifs is 4. The van der Waals surface area contributed by atoms with Crippen LogP contribution in [0.15, 0.2) is 64.3 Å². The van der Waals surface area contributed by atoms with Crippen LogP contribution in [0.25, 0.3) is 0 Å². The lowest BCUT2D eigenvalue weighted by molar-refractivity contribution is -0.135. The van der Waals surface area contributed by atoms with Crippen LogP contribution in [0.1, 0.15) is 109 Å². The van der Waals surface area contributed by atoms with E-state index in [9.17, 15) is 9.59 Å². The summed E-state index contributed by atoms with van der Waals surface area (Å²) in [5, 5.41) is 3.58. The van der Waals surface area contributed by atoms with E-state index < -0.39 is 5.41 Å². The Balaban J connectivity index is 1.27. The fourth-order valence-electron chi connectivity index (χ4n) is 11.6. The van der Waals surface area contributed by atoms with Crippen LogP contribution in [0.2, 0.25) is 0 Å². The molecule has 0 amide bonds. The molecule has 1 N–H and O–H groups in total. The van der Waals surface area contributed by atoms with Crippen LogP contribution in [0.4, 0.5) is 5.82 Å². The highest BCUT2D eigenvalue weighted by molar-refractivity contribution is 8.76. The molecule has 48 heavy (non-hydrogen) atoms. The van der Waals surface area contributed by atoms with Gasteiger partial charge in [0, 0.05) is 34.4 Å². The molecular formula is C40H48N2O4S2. The van der Waals surface area contributed by atoms with Crippen LogP contribution < -0.4 is 5.32 Å². The molecule has 1 saturated heterocycles. The molecule has 0 radical (unpaired) electrons. The van der Waals surface area contributed by atoms with Crippen molar-refractivity contribution >= 4 is 39.3 Å². The van der Waals surface area contributed by atoms with E-state index in [-0.39, 0.29) is 40.5 Å². The summed E-state index contributed by atoms with van der Waals surface area (Å²) in [5.41, 5.74) is 4.84. The normalized spacial score (nSPS) is 35.8. The predicted octanol–water partition coefficient (Wildman–Crippen LogP) is 9.57. The van der Waals surface area contributed by atoms with Gasteiger partial charge in [-0.1, -0.05) is 61.1 Å². The maximum absolute atomic E-state index is 14.6. The number of carbonyl (C=O) groups excluding carboxylic acids is 2. The lowest BCUT2D eigenvalue weighted by atomic mass is 9.42. The van der Waals surface area contributed by atoms with Gasteiger partial charge < -0.3 is 14.8 Å². The third-order valence-corrected chi connectivity index (χ3v) is 16.2. The Labute approximate surface area is 292 Å². The summed E-state index contributed by atoms with van der Waals surface area (Å²) in [6.07, 6.45) is 21.4. The SMILES string of the molecule is CCC1(C=C2OC(=O)C3=C2CCC2C4CCC5(C6=CCC(C)CSSCNc7cc(ccn7)C7(CCCC7)C4=C5C(=O)O6)C32)CCCC1. The molecule has 3 saturated carbocycles. The van der Waals surface area contributed by atoms with Crippen molar-refractivity contribution < 1.29 is 19.1 Å². The van der Waals surface area contributed by atoms with Crippen molar-refractivity contribution in [2.75, 3.05) is 16.9 Å². The topological polar surface area (TPSA) is 77.5 Å². The smallest absolute Gasteiger partial charge is 0.340 e. The van der Waals surface area contributed by atoms with Crippen LogP contribution in [0.3, 0.4) is 0 Å². The maximum Gasteiger partial charge on any atom is 0.340 e. The lowest BCUT2D eigenvalue weighted by Gasteiger charge is -2.59. The molecule has 8 heteroatoms. The number of allylic oxidation sites excluding steroid dienone is 5. The highest BCUT2D eigenvalue weighted by Crippen LogP contribution is 2.73. The van der Waals surface area contributed by atoms with Crippen molar-refractivity contribution in [2.24, 2.45) is 34.5 Å². The Kier molecular flexibility index (Phi) is 7.76. The number of ether oxygens (including phenoxy) is 2. The van der Waals surface area contributed by atoms with Crippen molar-refractivity contribution in [1.82, 2.24) is 4.98 Å². The van der Waals surface area contributed by atoms with Gasteiger partial charge in [-0.05, 0) is 123 Å². The highest BCUT2D eigenvalue weighted by atomic mass is 33.1. The summed E-state index contributed by atoms with van der Waals surface area (Å²) in [4.78, 5) is 33.5. The molecule has 3 aliphatic heterocycles. The first-order chi connectivity index (χ1) is 23.4. The molecule has 4 heterocycles. The van der Waals surface area contributed by atoms with Gasteiger partial charge in [-0.25, -0.2) is 14.6 Å². The molecule has 9 aliphatic rings. The number of nitrogens with one attached hydrogen (secondary N) is 1. The van der Waals surface area contributed by atoms with E-state index in [1.807, 2.05) is 27.8 Å². The van der Waals surface area contributed by atoms with Crippen molar-refractivity contribution in [2.45, 2.75) is 109 Å². The van der Waals surface area contributed by atoms with Gasteiger partial charge in [0.1, 0.15) is 17.3 Å². The minimum Gasteiger partial charge on any atom is -0.427 e. The Morgan fingerprint density at radius 2 is 1.83 bits per heavy atom. The Morgan fingerprint density at radius 1 is 1.02 bits per heavy atom. The van der Waals surface area contributed by atoms with Gasteiger partial charge in [-0.15, -0.1) is 0 Å². The number of hydrogen-bond acceptors (Lipinski definition) is 8. The molecule has 10 rings (SSSR count). The molecule has 7 bridgehead atoms. The molecular weight excluding hydrogens is 637 g/mol. The fourth-order valence-corrected chi connectivity index (χ4v) is 13.8. The van der Waals surface area contributed by atoms with E-state index in [2.05, 4.69) is 43.4 Å². The lowest BCUT2D eigenvalue weighted by Crippen LogP contribution is -2.55. The standard InChI is InChI=1S/C40H48N2O4S2/c1-3-38(14-4-5-15-38)21-29-28-10-9-26-27-12-18-40(33(26)32(28)36(43)45-29)30-11-8-24(2)22-47-48-23-42-31-20-25(13-19-41-31)39(16-6-7-17-39)34(27)35(40)37(44)46-30/h11,13,19-21,24,26-27,33H,3-10,12,14-18,22-23H2,1-2H3,(H,41,42). The van der Waals surface area contributed by atoms with Gasteiger partial charge in [-0.3, -0.25) is 0 Å². The molecule has 1 aromatic heterocycles. The Hall–Kier alpha value is -2.45. The maximum atomic E-state index is 14.6. The van der Waals surface area contributed by atoms with Crippen LogP contribution in [0, 0.1) is 34.5 Å². The molecule has 2 spiro atoms. The van der Waals surface area contributed by atoms with Gasteiger partial charge in [0.25, 0.3) is 0 Å². The number of pyridine rings is 1. The summed E-state index contributed by atoms with van der Waals surface area (Å²) in [7, 11) is 3.72. The van der Waals surface area contributed by atoms with Gasteiger partial charge in [-0.2, -0.15) is 0 Å². The minimum atomic E-state index is -0.612. The number of rotatable bonds is 2. The second-order valence-corrected chi connectivity index (χ2v) is 18.5. The van der Waals surface area contributed by atoms with E-state index in [1.165, 1.54) is 36.8 Å². The largest absolute Gasteiger partial charge is 0.427 e. The van der Waals surface area contributed by atoms with Gasteiger partial charge in [0.2, 0.25) is 0 Å². The van der Waals surface area contributed by atoms with Gasteiger partial charge in [0.15, 0.2) is 0 Å². The van der Waals surface area contributed by atoms with Crippen molar-refractivity contribution in [3.8, 4) is 0 Å². The first-order valence-electron chi connectivity index (χ1n) is 18.7. The zero-order chi connectivity index (χ0) is 32.7. The molecule has 6 nitrogen and oxygen atoms in total. The molecule has 1 aromatic rings. The Bertz CT molecular complexity index is 1680. The molecule has 5 atom stereocenters. The number of anilines is 1. The zero-order valence-corrected chi connectivity index (χ0v) is 30.0. The quantitative estimate of drug-likeness (QED) is 0.244. The number of nitrogens with zero attached hydrogens (tertiary/aromatic N) is 1. The second kappa shape index (κ2) is 11.8. The highest BCUT2D eigenvalue weighted by Gasteiger charge is 2.70. The molecule has 5 unspecified atom stereocenters. The average molecular weight is 685 g/mol. The van der Waals surface area contributed by atoms with E-state index in [0.29, 0.717) is 5.92 Å². The number of cyclic esters (lactones) is 1. The molecule has 254 valence electrons. The third kappa shape index (κ3) is 4.56. The number of esters is 2. The number of carbonyl (C=O) groups is 2. The van der Waals surface area contributed by atoms with E-state index in [0.717, 1.165) is 110 Å². The summed E-state index contributed by atoms with van der Waals surface area (Å²) in [6.45, 7) is 4.57. The summed E-state index contributed by atoms with van der Waals surface area (Å²) in [6, 6.07) is 4.47. The summed E-state index contributed by atoms with van der Waals surface area (Å²) < 4.78 is 12.8. The van der Waals surface area contributed by atoms with E-state index >= 15 is 0 Å². The summed E-state index contributed by atoms with van der Waals surface area (Å²) in [5.74, 6) is 4.93. The van der Waals surface area contributed by atoms with Crippen molar-refractivity contribution in [1.29, 1.82) is 0 Å². The molecule has 6 aliphatic carbocycles. The van der Waals surface area contributed by atoms with Crippen LogP contribution in [-0.4, -0.2) is 28.6 Å². The first-order valence-corrected chi connectivity index (χ1v) is 21.2. The minimum absolute atomic E-state index is 0.0803. The zero-order valence-electron chi connectivity index (χ0n) is 28.4. The summed E-state index contributed by atoms with van der Waals surface area (Å²) >= 11 is 0. The van der Waals surface area contributed by atoms with Gasteiger partial charge in [0.05, 0.1) is 16.9 Å².